The first kappa shape index (κ1) is 29.5. The molecule has 0 aliphatic heterocycles. The second-order valence-corrected chi connectivity index (χ2v) is 9.39. The monoisotopic (exact) mass is 516 g/mol. The molecule has 12 heteroatoms. The van der Waals surface area contributed by atoms with Crippen LogP contribution in [0.25, 0.3) is 0 Å². The van der Waals surface area contributed by atoms with Crippen LogP contribution in [0.1, 0.15) is 38.4 Å². The van der Waals surface area contributed by atoms with E-state index >= 15 is 0 Å². The molecule has 0 saturated carbocycles. The van der Waals surface area contributed by atoms with Crippen LogP contribution in [0.15, 0.2) is 42.9 Å². The van der Waals surface area contributed by atoms with Gasteiger partial charge in [-0.3, -0.25) is 14.4 Å². The summed E-state index contributed by atoms with van der Waals surface area (Å²) in [4.78, 5) is 57.4. The van der Waals surface area contributed by atoms with E-state index in [0.717, 1.165) is 5.56 Å². The maximum atomic E-state index is 13.2. The third kappa shape index (κ3) is 9.66. The van der Waals surface area contributed by atoms with E-state index in [1.54, 1.807) is 30.3 Å². The minimum Gasteiger partial charge on any atom is -0.480 e. The first-order valence-corrected chi connectivity index (χ1v) is 12.1. The molecule has 5 unspecified atom stereocenters. The van der Waals surface area contributed by atoms with Gasteiger partial charge in [0.05, 0.1) is 12.4 Å². The number of rotatable bonds is 14. The van der Waals surface area contributed by atoms with Gasteiger partial charge < -0.3 is 36.9 Å². The van der Waals surface area contributed by atoms with E-state index in [1.165, 1.54) is 19.4 Å². The number of carboxylic acid groups (broad SMARTS) is 1. The lowest BCUT2D eigenvalue weighted by Crippen LogP contribution is -2.59. The van der Waals surface area contributed by atoms with Crippen LogP contribution in [0.3, 0.4) is 0 Å². The summed E-state index contributed by atoms with van der Waals surface area (Å²) in [5, 5.41) is 27.0. The zero-order chi connectivity index (χ0) is 27.5. The quantitative estimate of drug-likeness (QED) is 0.174. The molecule has 0 radical (unpaired) electrons. The molecule has 37 heavy (non-hydrogen) atoms. The van der Waals surface area contributed by atoms with Crippen LogP contribution >= 0.6 is 0 Å². The average molecular weight is 517 g/mol. The number of carboxylic acids is 1. The standard InChI is InChI=1S/C25H36N6O6/c1-14(2)9-18(22(33)31-20(25(36)37)10-16-7-5-4-6-8-16)29-23(34)19(11-17-12-27-13-28-17)30-24(35)21(26)15(3)32/h4-8,12-15,18-21,32H,9-11,26H2,1-3H3,(H,27,28)(H,29,34)(H,30,35)(H,31,33)(H,36,37). The molecule has 0 fully saturated rings. The molecule has 0 aliphatic rings. The predicted molar refractivity (Wildman–Crippen MR) is 135 cm³/mol. The summed E-state index contributed by atoms with van der Waals surface area (Å²) < 4.78 is 0. The van der Waals surface area contributed by atoms with E-state index in [2.05, 4.69) is 25.9 Å². The molecule has 1 aromatic heterocycles. The van der Waals surface area contributed by atoms with Crippen molar-refractivity contribution < 1.29 is 29.4 Å². The fraction of sp³-hybridized carbons (Fsp3) is 0.480. The lowest BCUT2D eigenvalue weighted by molar-refractivity contribution is -0.142. The topological polar surface area (TPSA) is 200 Å². The van der Waals surface area contributed by atoms with Crippen LogP contribution < -0.4 is 21.7 Å². The molecule has 2 aromatic rings. The van der Waals surface area contributed by atoms with Gasteiger partial charge in [-0.05, 0) is 24.8 Å². The number of aliphatic hydroxyl groups is 1. The number of amides is 3. The van der Waals surface area contributed by atoms with Gasteiger partial charge in [-0.1, -0.05) is 44.2 Å². The van der Waals surface area contributed by atoms with Gasteiger partial charge >= 0.3 is 5.97 Å². The summed E-state index contributed by atoms with van der Waals surface area (Å²) in [6.45, 7) is 5.07. The van der Waals surface area contributed by atoms with Gasteiger partial charge in [0.1, 0.15) is 24.2 Å². The minimum absolute atomic E-state index is 0.0160. The first-order valence-electron chi connectivity index (χ1n) is 12.1. The lowest BCUT2D eigenvalue weighted by Gasteiger charge is -2.26. The molecule has 0 saturated heterocycles. The van der Waals surface area contributed by atoms with Crippen molar-refractivity contribution in [3.05, 3.63) is 54.1 Å². The smallest absolute Gasteiger partial charge is 0.326 e. The minimum atomic E-state index is -1.26. The fourth-order valence-corrected chi connectivity index (χ4v) is 3.61. The number of aliphatic hydroxyl groups excluding tert-OH is 1. The zero-order valence-electron chi connectivity index (χ0n) is 21.2. The van der Waals surface area contributed by atoms with Crippen molar-refractivity contribution in [3.63, 3.8) is 0 Å². The summed E-state index contributed by atoms with van der Waals surface area (Å²) >= 11 is 0. The SMILES string of the molecule is CC(C)CC(NC(=O)C(Cc1cnc[nH]1)NC(=O)C(N)C(C)O)C(=O)NC(Cc1ccccc1)C(=O)O. The second kappa shape index (κ2) is 14.1. The van der Waals surface area contributed by atoms with Gasteiger partial charge in [0, 0.05) is 24.7 Å². The first-order chi connectivity index (χ1) is 17.5. The molecule has 1 aromatic carbocycles. The van der Waals surface area contributed by atoms with Crippen molar-refractivity contribution in [3.8, 4) is 0 Å². The number of nitrogens with two attached hydrogens (primary N) is 1. The lowest BCUT2D eigenvalue weighted by atomic mass is 10.0. The van der Waals surface area contributed by atoms with E-state index in [4.69, 9.17) is 5.73 Å². The van der Waals surface area contributed by atoms with Gasteiger partial charge in [-0.25, -0.2) is 9.78 Å². The van der Waals surface area contributed by atoms with Crippen LogP contribution in [0.4, 0.5) is 0 Å². The largest absolute Gasteiger partial charge is 0.480 e. The predicted octanol–water partition coefficient (Wildman–Crippen LogP) is -0.512. The molecule has 1 heterocycles. The molecule has 2 rings (SSSR count). The highest BCUT2D eigenvalue weighted by Crippen LogP contribution is 2.09. The van der Waals surface area contributed by atoms with E-state index in [0.29, 0.717) is 5.69 Å². The maximum absolute atomic E-state index is 13.2. The molecule has 0 spiro atoms. The van der Waals surface area contributed by atoms with Crippen molar-refractivity contribution in [2.75, 3.05) is 0 Å². The molecule has 3 amide bonds. The van der Waals surface area contributed by atoms with Crippen molar-refractivity contribution >= 4 is 23.7 Å². The summed E-state index contributed by atoms with van der Waals surface area (Å²) in [5.41, 5.74) is 6.99. The van der Waals surface area contributed by atoms with Crippen molar-refractivity contribution in [1.29, 1.82) is 0 Å². The molecular formula is C25H36N6O6. The number of hydrogen-bond acceptors (Lipinski definition) is 7. The van der Waals surface area contributed by atoms with E-state index in [-0.39, 0.29) is 25.2 Å². The van der Waals surface area contributed by atoms with Crippen molar-refractivity contribution in [2.45, 2.75) is 70.3 Å². The Morgan fingerprint density at radius 1 is 0.919 bits per heavy atom. The van der Waals surface area contributed by atoms with Gasteiger partial charge in [0.15, 0.2) is 0 Å². The number of carbonyl (C=O) groups is 4. The van der Waals surface area contributed by atoms with E-state index in [1.807, 2.05) is 13.8 Å². The highest BCUT2D eigenvalue weighted by Gasteiger charge is 2.31. The number of aromatic amines is 1. The number of imidazole rings is 1. The zero-order valence-corrected chi connectivity index (χ0v) is 21.2. The third-order valence-electron chi connectivity index (χ3n) is 5.67. The van der Waals surface area contributed by atoms with Crippen LogP contribution in [0, 0.1) is 5.92 Å². The molecule has 8 N–H and O–H groups in total. The van der Waals surface area contributed by atoms with Crippen LogP contribution in [0.2, 0.25) is 0 Å². The summed E-state index contributed by atoms with van der Waals surface area (Å²) in [7, 11) is 0. The number of nitrogens with one attached hydrogen (secondary N) is 4. The van der Waals surface area contributed by atoms with Gasteiger partial charge in [-0.15, -0.1) is 0 Å². The molecule has 5 atom stereocenters. The fourth-order valence-electron chi connectivity index (χ4n) is 3.61. The highest BCUT2D eigenvalue weighted by atomic mass is 16.4. The molecule has 202 valence electrons. The van der Waals surface area contributed by atoms with E-state index in [9.17, 15) is 29.4 Å². The Bertz CT molecular complexity index is 1030. The Labute approximate surface area is 215 Å². The molecule has 0 bridgehead atoms. The average Bonchev–Trinajstić information content (AvgIpc) is 3.35. The molecule has 0 aliphatic carbocycles. The van der Waals surface area contributed by atoms with Gasteiger partial charge in [0.25, 0.3) is 0 Å². The van der Waals surface area contributed by atoms with Crippen molar-refractivity contribution in [2.24, 2.45) is 11.7 Å². The Morgan fingerprint density at radius 2 is 1.51 bits per heavy atom. The van der Waals surface area contributed by atoms with Crippen LogP contribution in [-0.4, -0.2) is 74.1 Å². The van der Waals surface area contributed by atoms with Crippen LogP contribution in [0.5, 0.6) is 0 Å². The molecule has 12 nitrogen and oxygen atoms in total. The van der Waals surface area contributed by atoms with Crippen molar-refractivity contribution in [1.82, 2.24) is 25.9 Å². The van der Waals surface area contributed by atoms with E-state index < -0.39 is 54.0 Å². The number of aromatic nitrogens is 2. The number of hydrogen-bond donors (Lipinski definition) is 7. The Balaban J connectivity index is 2.19. The third-order valence-corrected chi connectivity index (χ3v) is 5.67. The second-order valence-electron chi connectivity index (χ2n) is 9.39. The summed E-state index contributed by atoms with van der Waals surface area (Å²) in [6.07, 6.45) is 2.08. The Hall–Kier alpha value is -3.77. The maximum Gasteiger partial charge on any atom is 0.326 e. The van der Waals surface area contributed by atoms with Gasteiger partial charge in [0.2, 0.25) is 17.7 Å². The Kier molecular flexibility index (Phi) is 11.2. The number of benzene rings is 1. The Morgan fingerprint density at radius 3 is 2.05 bits per heavy atom. The highest BCUT2D eigenvalue weighted by molar-refractivity contribution is 5.94. The van der Waals surface area contributed by atoms with Crippen LogP contribution in [-0.2, 0) is 32.0 Å². The number of aliphatic carboxylic acids is 1. The summed E-state index contributed by atoms with van der Waals surface area (Å²) in [6, 6.07) is 4.21. The molecular weight excluding hydrogens is 480 g/mol. The number of nitrogens with zero attached hydrogens (tertiary/aromatic N) is 1. The summed E-state index contributed by atoms with van der Waals surface area (Å²) in [5.74, 6) is -3.29. The number of carbonyl (C=O) groups excluding carboxylic acids is 3. The number of H-pyrrole nitrogens is 1. The van der Waals surface area contributed by atoms with Gasteiger partial charge in [-0.2, -0.15) is 0 Å². The normalized spacial score (nSPS) is 15.2.